The van der Waals surface area contributed by atoms with Gasteiger partial charge in [-0.05, 0) is 35.7 Å². The van der Waals surface area contributed by atoms with E-state index in [1.165, 1.54) is 11.1 Å². The van der Waals surface area contributed by atoms with Gasteiger partial charge in [0, 0.05) is 30.2 Å². The number of hydrogen-bond donors (Lipinski definition) is 2. The molecule has 0 aliphatic carbocycles. The SMILES string of the molecule is N.N[C@@H]1COc2cccc(-c3ccc4nccn4c3)c2C1. The quantitative estimate of drug-likeness (QED) is 0.717. The standard InChI is InChI=1S/C16H15N3O.H3N/c17-12-8-14-13(2-1-3-15(14)20-10-12)11-4-5-16-18-6-7-19(16)9-11;/h1-7,9,12H,8,10,17H2;1H3/t12-;/m0./s1. The molecule has 5 N–H and O–H groups in total. The lowest BCUT2D eigenvalue weighted by atomic mass is 9.94. The Kier molecular flexibility index (Phi) is 3.37. The first-order valence-corrected chi connectivity index (χ1v) is 6.74. The summed E-state index contributed by atoms with van der Waals surface area (Å²) in [5.41, 5.74) is 10.5. The first kappa shape index (κ1) is 13.6. The van der Waals surface area contributed by atoms with Crippen molar-refractivity contribution in [2.45, 2.75) is 12.5 Å². The van der Waals surface area contributed by atoms with Gasteiger partial charge in [0.2, 0.25) is 0 Å². The van der Waals surface area contributed by atoms with E-state index in [4.69, 9.17) is 10.5 Å². The zero-order valence-electron chi connectivity index (χ0n) is 11.7. The van der Waals surface area contributed by atoms with Gasteiger partial charge in [-0.2, -0.15) is 0 Å². The van der Waals surface area contributed by atoms with Gasteiger partial charge in [-0.1, -0.05) is 12.1 Å². The smallest absolute Gasteiger partial charge is 0.136 e. The molecule has 0 saturated carbocycles. The zero-order chi connectivity index (χ0) is 13.5. The van der Waals surface area contributed by atoms with Gasteiger partial charge >= 0.3 is 0 Å². The van der Waals surface area contributed by atoms with Crippen molar-refractivity contribution in [2.75, 3.05) is 6.61 Å². The van der Waals surface area contributed by atoms with Gasteiger partial charge in [0.05, 0.1) is 0 Å². The lowest BCUT2D eigenvalue weighted by Gasteiger charge is -2.24. The second kappa shape index (κ2) is 5.20. The van der Waals surface area contributed by atoms with Gasteiger partial charge in [0.15, 0.2) is 0 Å². The first-order valence-electron chi connectivity index (χ1n) is 6.74. The minimum atomic E-state index is 0. The number of nitrogens with zero attached hydrogens (tertiary/aromatic N) is 2. The zero-order valence-corrected chi connectivity index (χ0v) is 11.7. The third-order valence-electron chi connectivity index (χ3n) is 3.75. The van der Waals surface area contributed by atoms with Crippen LogP contribution in [0.25, 0.3) is 16.8 Å². The maximum absolute atomic E-state index is 6.03. The molecule has 3 aromatic rings. The van der Waals surface area contributed by atoms with Crippen LogP contribution in [0.2, 0.25) is 0 Å². The summed E-state index contributed by atoms with van der Waals surface area (Å²) in [6.45, 7) is 0.594. The van der Waals surface area contributed by atoms with Crippen molar-refractivity contribution in [3.8, 4) is 16.9 Å². The van der Waals surface area contributed by atoms with E-state index >= 15 is 0 Å². The number of imidazole rings is 1. The maximum Gasteiger partial charge on any atom is 0.136 e. The minimum Gasteiger partial charge on any atom is -0.492 e. The van der Waals surface area contributed by atoms with Crippen molar-refractivity contribution >= 4 is 5.65 Å². The summed E-state index contributed by atoms with van der Waals surface area (Å²) in [7, 11) is 0. The number of benzene rings is 1. The Balaban J connectivity index is 0.00000132. The van der Waals surface area contributed by atoms with E-state index < -0.39 is 0 Å². The summed E-state index contributed by atoms with van der Waals surface area (Å²) in [5, 5.41) is 0. The third kappa shape index (κ3) is 2.26. The molecular formula is C16H18N4O. The molecule has 108 valence electrons. The highest BCUT2D eigenvalue weighted by Crippen LogP contribution is 2.34. The molecule has 0 radical (unpaired) electrons. The van der Waals surface area contributed by atoms with Crippen LogP contribution in [-0.4, -0.2) is 22.0 Å². The highest BCUT2D eigenvalue weighted by atomic mass is 16.5. The molecule has 2 aromatic heterocycles. The van der Waals surface area contributed by atoms with E-state index in [0.29, 0.717) is 6.61 Å². The fourth-order valence-electron chi connectivity index (χ4n) is 2.78. The molecule has 0 spiro atoms. The number of aromatic nitrogens is 2. The molecule has 0 amide bonds. The predicted molar refractivity (Wildman–Crippen MR) is 82.8 cm³/mol. The largest absolute Gasteiger partial charge is 0.492 e. The second-order valence-corrected chi connectivity index (χ2v) is 5.17. The Bertz CT molecular complexity index is 781. The molecule has 3 heterocycles. The Morgan fingerprint density at radius 3 is 3.05 bits per heavy atom. The summed E-state index contributed by atoms with van der Waals surface area (Å²) < 4.78 is 7.75. The fourth-order valence-corrected chi connectivity index (χ4v) is 2.78. The van der Waals surface area contributed by atoms with Crippen LogP contribution < -0.4 is 16.6 Å². The lowest BCUT2D eigenvalue weighted by Crippen LogP contribution is -2.34. The Labute approximate surface area is 123 Å². The van der Waals surface area contributed by atoms with Gasteiger partial charge in [-0.15, -0.1) is 0 Å². The molecule has 1 aromatic carbocycles. The second-order valence-electron chi connectivity index (χ2n) is 5.17. The van der Waals surface area contributed by atoms with Crippen LogP contribution in [0, 0.1) is 0 Å². The monoisotopic (exact) mass is 282 g/mol. The summed E-state index contributed by atoms with van der Waals surface area (Å²) in [4.78, 5) is 4.27. The van der Waals surface area contributed by atoms with Crippen LogP contribution >= 0.6 is 0 Å². The van der Waals surface area contributed by atoms with Crippen molar-refractivity contribution < 1.29 is 4.74 Å². The van der Waals surface area contributed by atoms with Crippen LogP contribution in [0.3, 0.4) is 0 Å². The number of fused-ring (bicyclic) bond motifs is 2. The van der Waals surface area contributed by atoms with E-state index in [0.717, 1.165) is 23.4 Å². The molecular weight excluding hydrogens is 264 g/mol. The van der Waals surface area contributed by atoms with Crippen LogP contribution in [0.4, 0.5) is 0 Å². The summed E-state index contributed by atoms with van der Waals surface area (Å²) in [6, 6.07) is 10.4. The molecule has 21 heavy (non-hydrogen) atoms. The third-order valence-corrected chi connectivity index (χ3v) is 3.75. The summed E-state index contributed by atoms with van der Waals surface area (Å²) in [6.07, 6.45) is 6.71. The summed E-state index contributed by atoms with van der Waals surface area (Å²) >= 11 is 0. The number of rotatable bonds is 1. The highest BCUT2D eigenvalue weighted by molar-refractivity contribution is 5.71. The molecule has 1 aliphatic rings. The summed E-state index contributed by atoms with van der Waals surface area (Å²) in [5.74, 6) is 0.954. The van der Waals surface area contributed by atoms with Crippen LogP contribution in [0.5, 0.6) is 5.75 Å². The van der Waals surface area contributed by atoms with Crippen molar-refractivity contribution in [3.05, 3.63) is 54.5 Å². The van der Waals surface area contributed by atoms with Crippen molar-refractivity contribution in [1.82, 2.24) is 15.5 Å². The van der Waals surface area contributed by atoms with Gasteiger partial charge < -0.3 is 21.0 Å². The molecule has 5 nitrogen and oxygen atoms in total. The number of pyridine rings is 1. The molecule has 1 atom stereocenters. The molecule has 0 bridgehead atoms. The number of hydrogen-bond acceptors (Lipinski definition) is 4. The molecule has 1 aliphatic heterocycles. The van der Waals surface area contributed by atoms with E-state index in [1.807, 2.05) is 28.8 Å². The molecule has 5 heteroatoms. The van der Waals surface area contributed by atoms with Gasteiger partial charge in [0.25, 0.3) is 0 Å². The van der Waals surface area contributed by atoms with Gasteiger partial charge in [0.1, 0.15) is 18.0 Å². The number of ether oxygens (including phenoxy) is 1. The first-order chi connectivity index (χ1) is 9.81. The van der Waals surface area contributed by atoms with E-state index in [2.05, 4.69) is 23.3 Å². The lowest BCUT2D eigenvalue weighted by molar-refractivity contribution is 0.264. The molecule has 0 unspecified atom stereocenters. The molecule has 0 saturated heterocycles. The minimum absolute atomic E-state index is 0. The Hall–Kier alpha value is -2.37. The highest BCUT2D eigenvalue weighted by Gasteiger charge is 2.20. The van der Waals surface area contributed by atoms with E-state index in [1.54, 1.807) is 6.20 Å². The van der Waals surface area contributed by atoms with Crippen molar-refractivity contribution in [1.29, 1.82) is 0 Å². The van der Waals surface area contributed by atoms with Crippen molar-refractivity contribution in [3.63, 3.8) is 0 Å². The van der Waals surface area contributed by atoms with Gasteiger partial charge in [-0.25, -0.2) is 4.98 Å². The Morgan fingerprint density at radius 1 is 1.24 bits per heavy atom. The van der Waals surface area contributed by atoms with Gasteiger partial charge in [-0.3, -0.25) is 0 Å². The van der Waals surface area contributed by atoms with E-state index in [9.17, 15) is 0 Å². The fraction of sp³-hybridized carbons (Fsp3) is 0.188. The molecule has 0 fully saturated rings. The van der Waals surface area contributed by atoms with E-state index in [-0.39, 0.29) is 12.2 Å². The predicted octanol–water partition coefficient (Wildman–Crippen LogP) is 2.43. The number of nitrogens with two attached hydrogens (primary N) is 1. The van der Waals surface area contributed by atoms with Crippen LogP contribution in [0.1, 0.15) is 5.56 Å². The normalized spacial score (nSPS) is 16.9. The average Bonchev–Trinajstić information content (AvgIpc) is 2.94. The Morgan fingerprint density at radius 2 is 2.14 bits per heavy atom. The molecule has 4 rings (SSSR count). The van der Waals surface area contributed by atoms with Crippen molar-refractivity contribution in [2.24, 2.45) is 5.73 Å². The average molecular weight is 282 g/mol. The maximum atomic E-state index is 6.03. The van der Waals surface area contributed by atoms with Crippen LogP contribution in [0.15, 0.2) is 48.9 Å². The topological polar surface area (TPSA) is 87.5 Å². The van der Waals surface area contributed by atoms with Crippen LogP contribution in [-0.2, 0) is 6.42 Å².